The second kappa shape index (κ2) is 6.86. The summed E-state index contributed by atoms with van der Waals surface area (Å²) in [5, 5.41) is 4.51. The average molecular weight is 380 g/mol. The van der Waals surface area contributed by atoms with Gasteiger partial charge in [0, 0.05) is 28.1 Å². The highest BCUT2D eigenvalue weighted by Gasteiger charge is 2.20. The molecular formula is C18H15Cl2NO4. The zero-order valence-electron chi connectivity index (χ0n) is 13.8. The summed E-state index contributed by atoms with van der Waals surface area (Å²) in [4.78, 5) is 12.7. The van der Waals surface area contributed by atoms with Gasteiger partial charge in [0.05, 0.1) is 24.9 Å². The predicted molar refractivity (Wildman–Crippen MR) is 98.5 cm³/mol. The first kappa shape index (κ1) is 17.5. The van der Waals surface area contributed by atoms with E-state index < -0.39 is 5.91 Å². The summed E-state index contributed by atoms with van der Waals surface area (Å²) in [6, 6.07) is 8.36. The molecule has 0 saturated carbocycles. The van der Waals surface area contributed by atoms with Crippen molar-refractivity contribution in [1.29, 1.82) is 0 Å². The molecule has 0 saturated heterocycles. The Morgan fingerprint density at radius 3 is 2.48 bits per heavy atom. The summed E-state index contributed by atoms with van der Waals surface area (Å²) in [6.07, 6.45) is 0. The monoisotopic (exact) mass is 379 g/mol. The zero-order valence-corrected chi connectivity index (χ0v) is 15.3. The maximum Gasteiger partial charge on any atom is 0.291 e. The first-order valence-electron chi connectivity index (χ1n) is 7.36. The lowest BCUT2D eigenvalue weighted by Gasteiger charge is -2.12. The number of fused-ring (bicyclic) bond motifs is 1. The summed E-state index contributed by atoms with van der Waals surface area (Å²) in [6.45, 7) is 1.80. The number of methoxy groups -OCH3 is 2. The molecule has 2 aromatic carbocycles. The van der Waals surface area contributed by atoms with Gasteiger partial charge in [-0.15, -0.1) is 0 Å². The van der Waals surface area contributed by atoms with E-state index in [0.29, 0.717) is 38.4 Å². The number of rotatable bonds is 4. The van der Waals surface area contributed by atoms with Crippen LogP contribution in [-0.4, -0.2) is 20.1 Å². The number of furan rings is 1. The number of hydrogen-bond donors (Lipinski definition) is 1. The van der Waals surface area contributed by atoms with Gasteiger partial charge in [0.25, 0.3) is 5.91 Å². The van der Waals surface area contributed by atoms with Crippen LogP contribution in [0.5, 0.6) is 11.5 Å². The third kappa shape index (κ3) is 3.25. The van der Waals surface area contributed by atoms with Crippen LogP contribution in [0.25, 0.3) is 11.0 Å². The third-order valence-corrected chi connectivity index (χ3v) is 4.36. The van der Waals surface area contributed by atoms with Crippen LogP contribution < -0.4 is 14.8 Å². The van der Waals surface area contributed by atoms with Crippen molar-refractivity contribution in [3.05, 3.63) is 51.7 Å². The molecule has 130 valence electrons. The fraction of sp³-hybridized carbons (Fsp3) is 0.167. The smallest absolute Gasteiger partial charge is 0.291 e. The summed E-state index contributed by atoms with van der Waals surface area (Å²) in [5.74, 6) is 0.627. The Bertz CT molecular complexity index is 965. The Balaban J connectivity index is 1.99. The van der Waals surface area contributed by atoms with Gasteiger partial charge in [-0.2, -0.15) is 0 Å². The van der Waals surface area contributed by atoms with E-state index in [1.165, 1.54) is 14.2 Å². The summed E-state index contributed by atoms with van der Waals surface area (Å²) >= 11 is 12.1. The molecule has 1 aromatic heterocycles. The molecule has 1 amide bonds. The van der Waals surface area contributed by atoms with Crippen LogP contribution in [0.2, 0.25) is 10.0 Å². The summed E-state index contributed by atoms with van der Waals surface area (Å²) < 4.78 is 16.1. The first-order chi connectivity index (χ1) is 11.9. The molecular weight excluding hydrogens is 365 g/mol. The molecule has 7 heteroatoms. The number of benzene rings is 2. The lowest BCUT2D eigenvalue weighted by molar-refractivity contribution is 0.0997. The van der Waals surface area contributed by atoms with Crippen LogP contribution in [0.3, 0.4) is 0 Å². The van der Waals surface area contributed by atoms with Crippen LogP contribution in [0, 0.1) is 6.92 Å². The van der Waals surface area contributed by atoms with Crippen molar-refractivity contribution >= 4 is 45.8 Å². The Morgan fingerprint density at radius 1 is 1.08 bits per heavy atom. The minimum atomic E-state index is -0.410. The van der Waals surface area contributed by atoms with E-state index in [1.54, 1.807) is 37.3 Å². The van der Waals surface area contributed by atoms with Gasteiger partial charge in [-0.05, 0) is 25.1 Å². The van der Waals surface area contributed by atoms with Crippen LogP contribution in [0.4, 0.5) is 5.69 Å². The minimum Gasteiger partial charge on any atom is -0.495 e. The van der Waals surface area contributed by atoms with E-state index in [9.17, 15) is 4.79 Å². The predicted octanol–water partition coefficient (Wildman–Crippen LogP) is 5.32. The van der Waals surface area contributed by atoms with Crippen molar-refractivity contribution in [2.45, 2.75) is 6.92 Å². The number of nitrogens with one attached hydrogen (secondary N) is 1. The summed E-state index contributed by atoms with van der Waals surface area (Å²) in [5.41, 5.74) is 1.72. The number of aryl methyl sites for hydroxylation is 1. The molecule has 25 heavy (non-hydrogen) atoms. The molecule has 0 fully saturated rings. The number of halogens is 2. The Labute approximate surface area is 154 Å². The van der Waals surface area contributed by atoms with E-state index >= 15 is 0 Å². The molecule has 0 atom stereocenters. The molecule has 0 aliphatic rings. The normalized spacial score (nSPS) is 10.8. The SMILES string of the molecule is COc1cc(NC(=O)c2oc3ccc(Cl)cc3c2C)c(OC)cc1Cl. The van der Waals surface area contributed by atoms with Gasteiger partial charge in [0.1, 0.15) is 17.1 Å². The Kier molecular flexibility index (Phi) is 4.79. The van der Waals surface area contributed by atoms with Crippen LogP contribution in [-0.2, 0) is 0 Å². The van der Waals surface area contributed by atoms with Gasteiger partial charge < -0.3 is 19.2 Å². The van der Waals surface area contributed by atoms with E-state index in [2.05, 4.69) is 5.32 Å². The molecule has 0 unspecified atom stereocenters. The van der Waals surface area contributed by atoms with E-state index in [1.807, 2.05) is 0 Å². The molecule has 3 rings (SSSR count). The Morgan fingerprint density at radius 2 is 1.80 bits per heavy atom. The van der Waals surface area contributed by atoms with Crippen molar-refractivity contribution < 1.29 is 18.7 Å². The molecule has 0 aliphatic heterocycles. The number of carbonyl (C=O) groups excluding carboxylic acids is 1. The highest BCUT2D eigenvalue weighted by atomic mass is 35.5. The molecule has 0 spiro atoms. The maximum absolute atomic E-state index is 12.7. The first-order valence-corrected chi connectivity index (χ1v) is 8.11. The van der Waals surface area contributed by atoms with Gasteiger partial charge in [-0.25, -0.2) is 0 Å². The number of hydrogen-bond acceptors (Lipinski definition) is 4. The lowest BCUT2D eigenvalue weighted by Crippen LogP contribution is -2.13. The topological polar surface area (TPSA) is 60.7 Å². The van der Waals surface area contributed by atoms with Gasteiger partial charge in [0.2, 0.25) is 0 Å². The molecule has 1 heterocycles. The van der Waals surface area contributed by atoms with Crippen molar-refractivity contribution in [3.63, 3.8) is 0 Å². The quantitative estimate of drug-likeness (QED) is 0.666. The van der Waals surface area contributed by atoms with Crippen molar-refractivity contribution in [2.75, 3.05) is 19.5 Å². The molecule has 0 radical (unpaired) electrons. The fourth-order valence-corrected chi connectivity index (χ4v) is 2.95. The third-order valence-electron chi connectivity index (χ3n) is 3.83. The van der Waals surface area contributed by atoms with E-state index in [-0.39, 0.29) is 5.76 Å². The van der Waals surface area contributed by atoms with Crippen molar-refractivity contribution in [1.82, 2.24) is 0 Å². The molecule has 0 bridgehead atoms. The average Bonchev–Trinajstić information content (AvgIpc) is 2.92. The minimum absolute atomic E-state index is 0.202. The standard InChI is InChI=1S/C18H15Cl2NO4/c1-9-11-6-10(19)4-5-14(11)25-17(9)18(22)21-13-8-15(23-2)12(20)7-16(13)24-3/h4-8H,1-3H3,(H,21,22). The van der Waals surface area contributed by atoms with Gasteiger partial charge in [-0.3, -0.25) is 4.79 Å². The largest absolute Gasteiger partial charge is 0.495 e. The molecule has 0 aliphatic carbocycles. The van der Waals surface area contributed by atoms with Crippen molar-refractivity contribution in [2.24, 2.45) is 0 Å². The highest BCUT2D eigenvalue weighted by Crippen LogP contribution is 2.36. The maximum atomic E-state index is 12.7. The second-order valence-corrected chi connectivity index (χ2v) is 6.18. The van der Waals surface area contributed by atoms with Crippen LogP contribution in [0.1, 0.15) is 16.1 Å². The second-order valence-electron chi connectivity index (χ2n) is 5.34. The number of ether oxygens (including phenoxy) is 2. The Hall–Kier alpha value is -2.37. The molecule has 5 nitrogen and oxygen atoms in total. The van der Waals surface area contributed by atoms with Gasteiger partial charge >= 0.3 is 0 Å². The van der Waals surface area contributed by atoms with Gasteiger partial charge in [0.15, 0.2) is 5.76 Å². The molecule has 3 aromatic rings. The summed E-state index contributed by atoms with van der Waals surface area (Å²) in [7, 11) is 2.98. The number of anilines is 1. The van der Waals surface area contributed by atoms with Crippen LogP contribution >= 0.6 is 23.2 Å². The number of carbonyl (C=O) groups is 1. The lowest BCUT2D eigenvalue weighted by atomic mass is 10.1. The van der Waals surface area contributed by atoms with Crippen LogP contribution in [0.15, 0.2) is 34.7 Å². The van der Waals surface area contributed by atoms with E-state index in [4.69, 9.17) is 37.1 Å². The molecule has 1 N–H and O–H groups in total. The highest BCUT2D eigenvalue weighted by molar-refractivity contribution is 6.32. The van der Waals surface area contributed by atoms with E-state index in [0.717, 1.165) is 5.39 Å². The zero-order chi connectivity index (χ0) is 18.1. The van der Waals surface area contributed by atoms with Gasteiger partial charge in [-0.1, -0.05) is 23.2 Å². The number of amides is 1. The fourth-order valence-electron chi connectivity index (χ4n) is 2.55. The van der Waals surface area contributed by atoms with Crippen molar-refractivity contribution in [3.8, 4) is 11.5 Å².